The van der Waals surface area contributed by atoms with Crippen LogP contribution in [0.4, 0.5) is 5.95 Å². The number of nitrogens with zero attached hydrogens (tertiary/aromatic N) is 4. The van der Waals surface area contributed by atoms with Gasteiger partial charge in [-0.3, -0.25) is 9.78 Å². The predicted molar refractivity (Wildman–Crippen MR) is 130 cm³/mol. The summed E-state index contributed by atoms with van der Waals surface area (Å²) < 4.78 is 0. The van der Waals surface area contributed by atoms with Gasteiger partial charge >= 0.3 is 0 Å². The lowest BCUT2D eigenvalue weighted by Gasteiger charge is -2.29. The fourth-order valence-electron chi connectivity index (χ4n) is 4.32. The molecule has 0 aromatic carbocycles. The molecule has 0 aliphatic heterocycles. The maximum Gasteiger partial charge on any atom is 0.261 e. The lowest BCUT2D eigenvalue weighted by molar-refractivity contribution is 0.0947. The Morgan fingerprint density at radius 1 is 1.16 bits per heavy atom. The van der Waals surface area contributed by atoms with Gasteiger partial charge in [0.15, 0.2) is 0 Å². The number of rotatable bonds is 6. The molecule has 4 rings (SSSR count). The minimum atomic E-state index is 0.0553. The van der Waals surface area contributed by atoms with Gasteiger partial charge in [-0.05, 0) is 74.8 Å². The summed E-state index contributed by atoms with van der Waals surface area (Å²) in [5, 5.41) is 3.16. The van der Waals surface area contributed by atoms with Crippen molar-refractivity contribution in [2.24, 2.45) is 5.92 Å². The molecule has 7 heteroatoms. The standard InChI is InChI=1S/C25H31N5OS/c1-16-13-22(32-17(16)2)24(31)27-14-18-5-7-20(8-6-18)23-21(19-9-11-26-12-10-19)15-28-25(29-23)30(3)4/h9-13,15,18,20H,5-8,14H2,1-4H3,(H,27,31). The molecule has 1 aliphatic rings. The van der Waals surface area contributed by atoms with Crippen LogP contribution >= 0.6 is 11.3 Å². The molecule has 3 aromatic heterocycles. The van der Waals surface area contributed by atoms with E-state index in [1.54, 1.807) is 11.3 Å². The van der Waals surface area contributed by atoms with Crippen molar-refractivity contribution in [3.8, 4) is 11.1 Å². The first-order valence-electron chi connectivity index (χ1n) is 11.2. The van der Waals surface area contributed by atoms with Crippen LogP contribution in [0.1, 0.15) is 57.4 Å². The van der Waals surface area contributed by atoms with Crippen LogP contribution in [0.2, 0.25) is 0 Å². The lowest BCUT2D eigenvalue weighted by atomic mass is 9.79. The zero-order valence-electron chi connectivity index (χ0n) is 19.3. The van der Waals surface area contributed by atoms with E-state index >= 15 is 0 Å². The summed E-state index contributed by atoms with van der Waals surface area (Å²) >= 11 is 1.58. The monoisotopic (exact) mass is 449 g/mol. The highest BCUT2D eigenvalue weighted by Crippen LogP contribution is 2.39. The molecule has 3 heterocycles. The molecule has 0 unspecified atom stereocenters. The smallest absolute Gasteiger partial charge is 0.261 e. The minimum Gasteiger partial charge on any atom is -0.351 e. The molecule has 0 bridgehead atoms. The van der Waals surface area contributed by atoms with Gasteiger partial charge in [-0.25, -0.2) is 9.97 Å². The number of nitrogens with one attached hydrogen (secondary N) is 1. The van der Waals surface area contributed by atoms with Gasteiger partial charge in [0.1, 0.15) is 0 Å². The summed E-state index contributed by atoms with van der Waals surface area (Å²) in [6, 6.07) is 6.03. The van der Waals surface area contributed by atoms with Crippen molar-refractivity contribution >= 4 is 23.2 Å². The number of hydrogen-bond donors (Lipinski definition) is 1. The first-order chi connectivity index (χ1) is 15.4. The Kier molecular flexibility index (Phi) is 6.84. The average molecular weight is 450 g/mol. The number of aromatic nitrogens is 3. The fraction of sp³-hybridized carbons (Fsp3) is 0.440. The van der Waals surface area contributed by atoms with Gasteiger partial charge in [-0.1, -0.05) is 0 Å². The van der Waals surface area contributed by atoms with E-state index in [2.05, 4.69) is 29.1 Å². The van der Waals surface area contributed by atoms with Gasteiger partial charge in [0, 0.05) is 55.6 Å². The summed E-state index contributed by atoms with van der Waals surface area (Å²) in [4.78, 5) is 30.1. The van der Waals surface area contributed by atoms with E-state index in [1.807, 2.05) is 55.8 Å². The zero-order valence-corrected chi connectivity index (χ0v) is 20.1. The Hall–Kier alpha value is -2.80. The summed E-state index contributed by atoms with van der Waals surface area (Å²) in [6.45, 7) is 4.86. The van der Waals surface area contributed by atoms with Gasteiger partial charge in [0.05, 0.1) is 10.6 Å². The molecule has 3 aromatic rings. The predicted octanol–water partition coefficient (Wildman–Crippen LogP) is 4.99. The van der Waals surface area contributed by atoms with E-state index in [4.69, 9.17) is 4.98 Å². The molecule has 1 fully saturated rings. The number of thiophene rings is 1. The number of anilines is 1. The van der Waals surface area contributed by atoms with E-state index in [1.165, 1.54) is 10.4 Å². The second-order valence-electron chi connectivity index (χ2n) is 8.88. The van der Waals surface area contributed by atoms with Crippen LogP contribution in [0.3, 0.4) is 0 Å². The summed E-state index contributed by atoms with van der Waals surface area (Å²) in [5.74, 6) is 1.71. The van der Waals surface area contributed by atoms with E-state index in [-0.39, 0.29) is 5.91 Å². The molecule has 1 saturated carbocycles. The molecule has 0 saturated heterocycles. The van der Waals surface area contributed by atoms with Crippen molar-refractivity contribution in [2.75, 3.05) is 25.5 Å². The number of carbonyl (C=O) groups is 1. The van der Waals surface area contributed by atoms with Crippen molar-refractivity contribution in [3.63, 3.8) is 0 Å². The van der Waals surface area contributed by atoms with Gasteiger partial charge in [0.2, 0.25) is 5.95 Å². The highest BCUT2D eigenvalue weighted by atomic mass is 32.1. The number of pyridine rings is 1. The van der Waals surface area contributed by atoms with Crippen LogP contribution in [0, 0.1) is 19.8 Å². The molecule has 1 N–H and O–H groups in total. The molecule has 1 aliphatic carbocycles. The fourth-order valence-corrected chi connectivity index (χ4v) is 5.27. The zero-order chi connectivity index (χ0) is 22.7. The number of hydrogen-bond acceptors (Lipinski definition) is 6. The van der Waals surface area contributed by atoms with Gasteiger partial charge in [-0.2, -0.15) is 0 Å². The van der Waals surface area contributed by atoms with E-state index < -0.39 is 0 Å². The molecule has 168 valence electrons. The van der Waals surface area contributed by atoms with Gasteiger partial charge in [0.25, 0.3) is 5.91 Å². The second kappa shape index (κ2) is 9.77. The number of amides is 1. The van der Waals surface area contributed by atoms with E-state index in [0.29, 0.717) is 11.8 Å². The maximum atomic E-state index is 12.5. The lowest BCUT2D eigenvalue weighted by Crippen LogP contribution is -2.30. The van der Waals surface area contributed by atoms with Crippen molar-refractivity contribution < 1.29 is 4.79 Å². The normalized spacial score (nSPS) is 18.4. The Morgan fingerprint density at radius 2 is 1.88 bits per heavy atom. The highest BCUT2D eigenvalue weighted by Gasteiger charge is 2.27. The molecular weight excluding hydrogens is 418 g/mol. The van der Waals surface area contributed by atoms with Crippen molar-refractivity contribution in [2.45, 2.75) is 45.4 Å². The third-order valence-electron chi connectivity index (χ3n) is 6.37. The van der Waals surface area contributed by atoms with E-state index in [0.717, 1.165) is 59.9 Å². The maximum absolute atomic E-state index is 12.5. The Bertz CT molecular complexity index is 1050. The molecule has 32 heavy (non-hydrogen) atoms. The third kappa shape index (κ3) is 4.99. The molecule has 6 nitrogen and oxygen atoms in total. The first-order valence-corrected chi connectivity index (χ1v) is 12.0. The first kappa shape index (κ1) is 22.4. The summed E-state index contributed by atoms with van der Waals surface area (Å²) in [6.07, 6.45) is 9.89. The molecular formula is C25H31N5OS. The second-order valence-corrected chi connectivity index (χ2v) is 10.1. The van der Waals surface area contributed by atoms with Gasteiger partial charge in [-0.15, -0.1) is 11.3 Å². The molecule has 0 atom stereocenters. The van der Waals surface area contributed by atoms with Crippen LogP contribution in [0.15, 0.2) is 36.8 Å². The summed E-state index contributed by atoms with van der Waals surface area (Å²) in [7, 11) is 3.95. The van der Waals surface area contributed by atoms with Crippen LogP contribution < -0.4 is 10.2 Å². The van der Waals surface area contributed by atoms with Crippen molar-refractivity contribution in [1.82, 2.24) is 20.3 Å². The van der Waals surface area contributed by atoms with Gasteiger partial charge < -0.3 is 10.2 Å². The van der Waals surface area contributed by atoms with Crippen LogP contribution in [0.25, 0.3) is 11.1 Å². The number of aryl methyl sites for hydroxylation is 2. The highest BCUT2D eigenvalue weighted by molar-refractivity contribution is 7.14. The number of carbonyl (C=O) groups excluding carboxylic acids is 1. The van der Waals surface area contributed by atoms with E-state index in [9.17, 15) is 4.79 Å². The van der Waals surface area contributed by atoms with Crippen LogP contribution in [-0.2, 0) is 0 Å². The quantitative estimate of drug-likeness (QED) is 0.574. The van der Waals surface area contributed by atoms with Crippen molar-refractivity contribution in [3.05, 3.63) is 57.8 Å². The third-order valence-corrected chi connectivity index (χ3v) is 7.52. The summed E-state index contributed by atoms with van der Waals surface area (Å²) in [5.41, 5.74) is 4.52. The topological polar surface area (TPSA) is 71.0 Å². The molecule has 0 spiro atoms. The molecule has 1 amide bonds. The Balaban J connectivity index is 1.42. The Morgan fingerprint density at radius 3 is 2.50 bits per heavy atom. The average Bonchev–Trinajstić information content (AvgIpc) is 3.16. The largest absolute Gasteiger partial charge is 0.351 e. The van der Waals surface area contributed by atoms with Crippen LogP contribution in [0.5, 0.6) is 0 Å². The Labute approximate surface area is 194 Å². The van der Waals surface area contributed by atoms with Crippen molar-refractivity contribution in [1.29, 1.82) is 0 Å². The van der Waals surface area contributed by atoms with Crippen LogP contribution in [-0.4, -0.2) is 41.5 Å². The SMILES string of the molecule is Cc1cc(C(=O)NCC2CCC(c3nc(N(C)C)ncc3-c3ccncc3)CC2)sc1C. The minimum absolute atomic E-state index is 0.0553. The molecule has 0 radical (unpaired) electrons.